The summed E-state index contributed by atoms with van der Waals surface area (Å²) in [5.74, 6) is -2.07. The Kier molecular flexibility index (Phi) is 3.30. The van der Waals surface area contributed by atoms with Gasteiger partial charge in [0.1, 0.15) is 0 Å². The summed E-state index contributed by atoms with van der Waals surface area (Å²) in [4.78, 5) is 10.6. The Bertz CT molecular complexity index is 462. The fraction of sp³-hybridized carbons (Fsp3) is 0.571. The maximum atomic E-state index is 6.19. The number of hydrogen-bond acceptors (Lipinski definition) is 3. The molecule has 1 aromatic rings. The maximum absolute atomic E-state index is 6.19. The van der Waals surface area contributed by atoms with Crippen LogP contribution in [-0.2, 0) is 20.3 Å². The molecule has 2 bridgehead atoms. The van der Waals surface area contributed by atoms with Crippen molar-refractivity contribution in [3.8, 4) is 0 Å². The van der Waals surface area contributed by atoms with Gasteiger partial charge in [-0.15, -0.1) is 0 Å². The predicted octanol–water partition coefficient (Wildman–Crippen LogP) is 3.11. The van der Waals surface area contributed by atoms with Crippen LogP contribution in [0.3, 0.4) is 0 Å². The first-order valence-corrected chi connectivity index (χ1v) is 6.39. The zero-order valence-corrected chi connectivity index (χ0v) is 11.6. The van der Waals surface area contributed by atoms with E-state index in [-0.39, 0.29) is 5.82 Å². The highest BCUT2D eigenvalue weighted by Crippen LogP contribution is 2.52. The minimum Gasteiger partial charge on any atom is -0.309 e. The third-order valence-corrected chi connectivity index (χ3v) is 3.45. The van der Waals surface area contributed by atoms with Crippen LogP contribution in [0.25, 0.3) is 0 Å². The Morgan fingerprint density at radius 3 is 2.50 bits per heavy atom. The van der Waals surface area contributed by atoms with E-state index in [2.05, 4.69) is 0 Å². The summed E-state index contributed by atoms with van der Waals surface area (Å²) in [6.45, 7) is 9.69. The van der Waals surface area contributed by atoms with Crippen LogP contribution in [-0.4, -0.2) is 13.6 Å². The molecular weight excluding hydrogens is 227 g/mol. The molecule has 2 heterocycles. The van der Waals surface area contributed by atoms with Gasteiger partial charge in [0.15, 0.2) is 0 Å². The fourth-order valence-corrected chi connectivity index (χ4v) is 2.55. The van der Waals surface area contributed by atoms with Gasteiger partial charge in [0.05, 0.1) is 7.85 Å². The van der Waals surface area contributed by atoms with E-state index in [0.29, 0.717) is 0 Å². The largest absolute Gasteiger partial charge is 0.309 e. The van der Waals surface area contributed by atoms with Gasteiger partial charge in [-0.3, -0.25) is 0 Å². The summed E-state index contributed by atoms with van der Waals surface area (Å²) in [6.07, 6.45) is 0. The van der Waals surface area contributed by atoms with Gasteiger partial charge in [-0.25, -0.2) is 0 Å². The van der Waals surface area contributed by atoms with Crippen LogP contribution in [0.2, 0.25) is 0 Å². The zero-order valence-electron chi connectivity index (χ0n) is 11.6. The van der Waals surface area contributed by atoms with Gasteiger partial charge in [0.25, 0.3) is 0 Å². The van der Waals surface area contributed by atoms with E-state index in [1.165, 1.54) is 0 Å². The topological polar surface area (TPSA) is 27.7 Å². The molecule has 2 aliphatic heterocycles. The monoisotopic (exact) mass is 246 g/mol. The number of benzene rings is 1. The molecule has 0 saturated carbocycles. The van der Waals surface area contributed by atoms with Crippen LogP contribution in [0.5, 0.6) is 0 Å². The van der Waals surface area contributed by atoms with Crippen molar-refractivity contribution in [3.05, 3.63) is 34.9 Å². The van der Waals surface area contributed by atoms with Crippen LogP contribution < -0.4 is 0 Å². The van der Waals surface area contributed by atoms with E-state index in [0.717, 1.165) is 16.7 Å². The van der Waals surface area contributed by atoms with E-state index < -0.39 is 11.6 Å². The van der Waals surface area contributed by atoms with E-state index in [1.807, 2.05) is 45.9 Å². The van der Waals surface area contributed by atoms with Gasteiger partial charge in [-0.05, 0) is 31.9 Å². The molecule has 1 aromatic carbocycles. The van der Waals surface area contributed by atoms with Gasteiger partial charge in [-0.2, -0.15) is 9.78 Å². The lowest BCUT2D eigenvalue weighted by Gasteiger charge is -2.38. The summed E-state index contributed by atoms with van der Waals surface area (Å²) in [5, 5.41) is 0. The Hall–Kier alpha value is -0.835. The SMILES string of the molecule is CC.[B]C1c2c(C)cccc2C2(C)OOC1(C)O2. The van der Waals surface area contributed by atoms with Crippen molar-refractivity contribution in [2.24, 2.45) is 0 Å². The second kappa shape index (κ2) is 4.37. The van der Waals surface area contributed by atoms with E-state index >= 15 is 0 Å². The number of fused-ring (bicyclic) bond motifs is 4. The van der Waals surface area contributed by atoms with Crippen molar-refractivity contribution in [1.82, 2.24) is 0 Å². The molecule has 2 aliphatic rings. The molecule has 0 N–H and O–H groups in total. The van der Waals surface area contributed by atoms with Gasteiger partial charge >= 0.3 is 0 Å². The van der Waals surface area contributed by atoms with Crippen LogP contribution in [0, 0.1) is 6.92 Å². The van der Waals surface area contributed by atoms with Gasteiger partial charge < -0.3 is 4.74 Å². The van der Waals surface area contributed by atoms with Crippen LogP contribution in [0.15, 0.2) is 18.2 Å². The molecule has 0 aromatic heterocycles. The molecule has 18 heavy (non-hydrogen) atoms. The quantitative estimate of drug-likeness (QED) is 0.520. The van der Waals surface area contributed by atoms with Crippen molar-refractivity contribution >= 4 is 7.85 Å². The second-order valence-corrected chi connectivity index (χ2v) is 4.74. The number of hydrogen-bond donors (Lipinski definition) is 0. The molecule has 3 nitrogen and oxygen atoms in total. The lowest BCUT2D eigenvalue weighted by atomic mass is 9.69. The Morgan fingerprint density at radius 2 is 1.83 bits per heavy atom. The summed E-state index contributed by atoms with van der Waals surface area (Å²) in [7, 11) is 6.19. The fourth-order valence-electron chi connectivity index (χ4n) is 2.55. The Morgan fingerprint density at radius 1 is 1.17 bits per heavy atom. The first-order chi connectivity index (χ1) is 8.46. The van der Waals surface area contributed by atoms with Gasteiger partial charge in [0.2, 0.25) is 11.6 Å². The van der Waals surface area contributed by atoms with Gasteiger partial charge in [0, 0.05) is 11.4 Å². The average Bonchev–Trinajstić information content (AvgIpc) is 2.65. The van der Waals surface area contributed by atoms with Crippen molar-refractivity contribution in [2.45, 2.75) is 52.0 Å². The molecule has 1 saturated heterocycles. The van der Waals surface area contributed by atoms with E-state index in [4.69, 9.17) is 22.4 Å². The highest BCUT2D eigenvalue weighted by atomic mass is 17.3. The Labute approximate surface area is 110 Å². The number of rotatable bonds is 0. The third-order valence-electron chi connectivity index (χ3n) is 3.45. The van der Waals surface area contributed by atoms with Crippen molar-refractivity contribution in [3.63, 3.8) is 0 Å². The molecule has 4 heteroatoms. The molecule has 0 aliphatic carbocycles. The molecular formula is C14H19BO3. The standard InChI is InChI=1S/C12H13BO3.C2H6/c1-7-5-4-6-8-9(7)10(13)12(3)14-11(8,2)15-16-12;1-2/h4-6,10H,1-3H3;1-2H3. The molecule has 1 fully saturated rings. The average molecular weight is 246 g/mol. The van der Waals surface area contributed by atoms with Crippen molar-refractivity contribution < 1.29 is 14.5 Å². The summed E-state index contributed by atoms with van der Waals surface area (Å²) >= 11 is 0. The number of aryl methyl sites for hydroxylation is 1. The van der Waals surface area contributed by atoms with E-state index in [9.17, 15) is 0 Å². The molecule has 2 radical (unpaired) electrons. The second-order valence-electron chi connectivity index (χ2n) is 4.74. The lowest BCUT2D eigenvalue weighted by Crippen LogP contribution is -2.42. The van der Waals surface area contributed by atoms with Crippen molar-refractivity contribution in [2.75, 3.05) is 0 Å². The lowest BCUT2D eigenvalue weighted by molar-refractivity contribution is -0.344. The molecule has 96 valence electrons. The predicted molar refractivity (Wildman–Crippen MR) is 70.0 cm³/mol. The normalized spacial score (nSPS) is 36.6. The van der Waals surface area contributed by atoms with Crippen LogP contribution in [0.1, 0.15) is 50.2 Å². The zero-order chi connectivity index (χ0) is 13.6. The van der Waals surface area contributed by atoms with Crippen molar-refractivity contribution in [1.29, 1.82) is 0 Å². The highest BCUT2D eigenvalue weighted by molar-refractivity contribution is 6.13. The molecule has 3 unspecified atom stereocenters. The molecule has 0 amide bonds. The number of ether oxygens (including phenoxy) is 1. The minimum atomic E-state index is -0.895. The minimum absolute atomic E-state index is 0.334. The molecule has 0 spiro atoms. The summed E-state index contributed by atoms with van der Waals surface area (Å²) in [5.41, 5.74) is 3.16. The Balaban J connectivity index is 0.000000574. The third kappa shape index (κ3) is 1.71. The van der Waals surface area contributed by atoms with E-state index in [1.54, 1.807) is 6.92 Å². The molecule has 3 rings (SSSR count). The summed E-state index contributed by atoms with van der Waals surface area (Å²) in [6, 6.07) is 5.98. The summed E-state index contributed by atoms with van der Waals surface area (Å²) < 4.78 is 5.80. The molecule has 3 atom stereocenters. The maximum Gasteiger partial charge on any atom is 0.227 e. The van der Waals surface area contributed by atoms with Crippen LogP contribution in [0.4, 0.5) is 0 Å². The van der Waals surface area contributed by atoms with Gasteiger partial charge in [-0.1, -0.05) is 32.0 Å². The highest BCUT2D eigenvalue weighted by Gasteiger charge is 2.57. The smallest absolute Gasteiger partial charge is 0.227 e. The first kappa shape index (κ1) is 13.6. The first-order valence-electron chi connectivity index (χ1n) is 6.39. The van der Waals surface area contributed by atoms with Crippen LogP contribution >= 0.6 is 0 Å².